The van der Waals surface area contributed by atoms with E-state index in [1.165, 1.54) is 0 Å². The predicted molar refractivity (Wildman–Crippen MR) is 79.5 cm³/mol. The van der Waals surface area contributed by atoms with Crippen molar-refractivity contribution in [3.63, 3.8) is 0 Å². The molecular weight excluding hydrogens is 280 g/mol. The second-order valence-electron chi connectivity index (χ2n) is 5.50. The molecule has 6 nitrogen and oxygen atoms in total. The first kappa shape index (κ1) is 13.1. The van der Waals surface area contributed by atoms with Crippen molar-refractivity contribution in [3.05, 3.63) is 53.3 Å². The van der Waals surface area contributed by atoms with Gasteiger partial charge in [0.15, 0.2) is 5.69 Å². The topological polar surface area (TPSA) is 72.4 Å². The number of nitrogens with zero attached hydrogens (tertiary/aromatic N) is 3. The summed E-state index contributed by atoms with van der Waals surface area (Å²) in [6.07, 6.45) is 7.64. The standard InChI is InChI=1S/C16H16N4O2/c21-16(15-12-5-1-2-6-13(12)22-19-15)18-10-11-9-17-14-7-3-4-8-20(11)14/h3-4,7-9H,1-2,5-6,10H2,(H,18,21). The average Bonchev–Trinajstić information content (AvgIpc) is 3.17. The minimum Gasteiger partial charge on any atom is -0.360 e. The molecule has 3 aromatic rings. The molecule has 4 rings (SSSR count). The summed E-state index contributed by atoms with van der Waals surface area (Å²) in [5, 5.41) is 6.86. The van der Waals surface area contributed by atoms with Gasteiger partial charge in [0.05, 0.1) is 18.4 Å². The fraction of sp³-hybridized carbons (Fsp3) is 0.312. The van der Waals surface area contributed by atoms with Crippen LogP contribution in [0.3, 0.4) is 0 Å². The van der Waals surface area contributed by atoms with E-state index in [-0.39, 0.29) is 5.91 Å². The molecule has 0 radical (unpaired) electrons. The maximum atomic E-state index is 12.3. The van der Waals surface area contributed by atoms with Gasteiger partial charge in [0.1, 0.15) is 11.4 Å². The molecule has 6 heteroatoms. The Kier molecular flexibility index (Phi) is 3.14. The van der Waals surface area contributed by atoms with Crippen LogP contribution >= 0.6 is 0 Å². The van der Waals surface area contributed by atoms with Crippen molar-refractivity contribution < 1.29 is 9.32 Å². The average molecular weight is 296 g/mol. The molecule has 22 heavy (non-hydrogen) atoms. The van der Waals surface area contributed by atoms with Gasteiger partial charge in [0.2, 0.25) is 0 Å². The zero-order valence-electron chi connectivity index (χ0n) is 12.1. The van der Waals surface area contributed by atoms with Crippen molar-refractivity contribution >= 4 is 11.6 Å². The van der Waals surface area contributed by atoms with Crippen molar-refractivity contribution in [2.45, 2.75) is 32.2 Å². The van der Waals surface area contributed by atoms with Gasteiger partial charge in [0, 0.05) is 18.2 Å². The molecule has 1 N–H and O–H groups in total. The summed E-state index contributed by atoms with van der Waals surface area (Å²) in [6.45, 7) is 0.408. The molecule has 0 bridgehead atoms. The highest BCUT2D eigenvalue weighted by atomic mass is 16.5. The summed E-state index contributed by atoms with van der Waals surface area (Å²) < 4.78 is 7.24. The second-order valence-corrected chi connectivity index (χ2v) is 5.50. The van der Waals surface area contributed by atoms with Crippen LogP contribution < -0.4 is 5.32 Å². The van der Waals surface area contributed by atoms with E-state index in [1.54, 1.807) is 6.20 Å². The number of imidazole rings is 1. The fourth-order valence-corrected chi connectivity index (χ4v) is 2.93. The molecule has 1 aliphatic carbocycles. The summed E-state index contributed by atoms with van der Waals surface area (Å²) in [5.74, 6) is 0.684. The normalized spacial score (nSPS) is 14.0. The SMILES string of the molecule is O=C(NCc1cnc2ccccn12)c1noc2c1CCCC2. The van der Waals surface area contributed by atoms with Crippen molar-refractivity contribution in [2.24, 2.45) is 0 Å². The van der Waals surface area contributed by atoms with E-state index in [0.29, 0.717) is 12.2 Å². The lowest BCUT2D eigenvalue weighted by molar-refractivity contribution is 0.0940. The molecule has 3 aromatic heterocycles. The first-order chi connectivity index (χ1) is 10.8. The number of aryl methyl sites for hydroxylation is 1. The highest BCUT2D eigenvalue weighted by Crippen LogP contribution is 2.24. The summed E-state index contributed by atoms with van der Waals surface area (Å²) in [7, 11) is 0. The van der Waals surface area contributed by atoms with E-state index < -0.39 is 0 Å². The number of fused-ring (bicyclic) bond motifs is 2. The smallest absolute Gasteiger partial charge is 0.274 e. The van der Waals surface area contributed by atoms with E-state index in [2.05, 4.69) is 15.5 Å². The van der Waals surface area contributed by atoms with Gasteiger partial charge in [-0.1, -0.05) is 11.2 Å². The molecule has 0 atom stereocenters. The molecular formula is C16H16N4O2. The molecule has 0 aliphatic heterocycles. The van der Waals surface area contributed by atoms with Gasteiger partial charge in [-0.2, -0.15) is 0 Å². The van der Waals surface area contributed by atoms with Crippen LogP contribution in [0.15, 0.2) is 35.1 Å². The largest absolute Gasteiger partial charge is 0.360 e. The van der Waals surface area contributed by atoms with Crippen LogP contribution in [-0.4, -0.2) is 20.4 Å². The van der Waals surface area contributed by atoms with Gasteiger partial charge in [-0.15, -0.1) is 0 Å². The zero-order chi connectivity index (χ0) is 14.9. The van der Waals surface area contributed by atoms with E-state index in [1.807, 2.05) is 28.8 Å². The molecule has 1 amide bonds. The number of carbonyl (C=O) groups is 1. The number of nitrogens with one attached hydrogen (secondary N) is 1. The number of hydrogen-bond donors (Lipinski definition) is 1. The molecule has 0 fully saturated rings. The first-order valence-corrected chi connectivity index (χ1v) is 7.49. The lowest BCUT2D eigenvalue weighted by atomic mass is 9.96. The molecule has 112 valence electrons. The number of hydrogen-bond acceptors (Lipinski definition) is 4. The highest BCUT2D eigenvalue weighted by molar-refractivity contribution is 5.93. The number of amides is 1. The number of carbonyl (C=O) groups excluding carboxylic acids is 1. The predicted octanol–water partition coefficient (Wildman–Crippen LogP) is 2.13. The quantitative estimate of drug-likeness (QED) is 0.803. The maximum absolute atomic E-state index is 12.3. The van der Waals surface area contributed by atoms with E-state index in [9.17, 15) is 4.79 Å². The first-order valence-electron chi connectivity index (χ1n) is 7.49. The molecule has 3 heterocycles. The minimum absolute atomic E-state index is 0.183. The van der Waals surface area contributed by atoms with Gasteiger partial charge in [-0.3, -0.25) is 4.79 Å². The lowest BCUT2D eigenvalue weighted by Crippen LogP contribution is -2.25. The monoisotopic (exact) mass is 296 g/mol. The van der Waals surface area contributed by atoms with Gasteiger partial charge >= 0.3 is 0 Å². The molecule has 0 unspecified atom stereocenters. The Morgan fingerprint density at radius 3 is 3.18 bits per heavy atom. The van der Waals surface area contributed by atoms with E-state index >= 15 is 0 Å². The van der Waals surface area contributed by atoms with Crippen molar-refractivity contribution in [1.29, 1.82) is 0 Å². The van der Waals surface area contributed by atoms with Crippen molar-refractivity contribution in [1.82, 2.24) is 19.9 Å². The molecule has 0 aromatic carbocycles. The Labute approximate surface area is 127 Å². The van der Waals surface area contributed by atoms with Gasteiger partial charge in [0.25, 0.3) is 5.91 Å². The molecule has 1 aliphatic rings. The zero-order valence-corrected chi connectivity index (χ0v) is 12.1. The molecule has 0 saturated heterocycles. The summed E-state index contributed by atoms with van der Waals surface area (Å²) in [4.78, 5) is 16.7. The maximum Gasteiger partial charge on any atom is 0.274 e. The highest BCUT2D eigenvalue weighted by Gasteiger charge is 2.23. The minimum atomic E-state index is -0.183. The van der Waals surface area contributed by atoms with E-state index in [0.717, 1.165) is 48.3 Å². The van der Waals surface area contributed by atoms with Crippen LogP contribution in [0.25, 0.3) is 5.65 Å². The summed E-state index contributed by atoms with van der Waals surface area (Å²) in [6, 6.07) is 5.81. The van der Waals surface area contributed by atoms with Crippen LogP contribution in [-0.2, 0) is 19.4 Å². The van der Waals surface area contributed by atoms with Gasteiger partial charge in [-0.05, 0) is 31.4 Å². The third-order valence-electron chi connectivity index (χ3n) is 4.09. The van der Waals surface area contributed by atoms with Crippen LogP contribution in [0.2, 0.25) is 0 Å². The Bertz CT molecular complexity index is 834. The Morgan fingerprint density at radius 2 is 2.23 bits per heavy atom. The summed E-state index contributed by atoms with van der Waals surface area (Å²) in [5.41, 5.74) is 3.21. The van der Waals surface area contributed by atoms with Crippen molar-refractivity contribution in [2.75, 3.05) is 0 Å². The number of aromatic nitrogens is 3. The lowest BCUT2D eigenvalue weighted by Gasteiger charge is -2.09. The second kappa shape index (κ2) is 5.29. The number of pyridine rings is 1. The Hall–Kier alpha value is -2.63. The third-order valence-corrected chi connectivity index (χ3v) is 4.09. The van der Waals surface area contributed by atoms with Gasteiger partial charge < -0.3 is 14.2 Å². The van der Waals surface area contributed by atoms with Gasteiger partial charge in [-0.25, -0.2) is 4.98 Å². The van der Waals surface area contributed by atoms with Crippen LogP contribution in [0.1, 0.15) is 40.3 Å². The Morgan fingerprint density at radius 1 is 1.32 bits per heavy atom. The van der Waals surface area contributed by atoms with Crippen LogP contribution in [0.5, 0.6) is 0 Å². The number of rotatable bonds is 3. The fourth-order valence-electron chi connectivity index (χ4n) is 2.93. The Balaban J connectivity index is 1.52. The van der Waals surface area contributed by atoms with Crippen molar-refractivity contribution in [3.8, 4) is 0 Å². The molecule has 0 spiro atoms. The van der Waals surface area contributed by atoms with E-state index in [4.69, 9.17) is 4.52 Å². The summed E-state index contributed by atoms with van der Waals surface area (Å²) >= 11 is 0. The third kappa shape index (κ3) is 2.16. The van der Waals surface area contributed by atoms with Crippen LogP contribution in [0, 0.1) is 0 Å². The molecule has 0 saturated carbocycles. The van der Waals surface area contributed by atoms with Crippen LogP contribution in [0.4, 0.5) is 0 Å².